The third-order valence-corrected chi connectivity index (χ3v) is 4.29. The van der Waals surface area contributed by atoms with Gasteiger partial charge in [-0.25, -0.2) is 8.78 Å². The second kappa shape index (κ2) is 6.03. The monoisotopic (exact) mass is 351 g/mol. The molecule has 0 saturated heterocycles. The van der Waals surface area contributed by atoms with E-state index in [1.54, 1.807) is 0 Å². The second-order valence-electron chi connectivity index (χ2n) is 4.80. The Labute approximate surface area is 122 Å². The first-order valence-electron chi connectivity index (χ1n) is 6.21. The predicted molar refractivity (Wildman–Crippen MR) is 70.4 cm³/mol. The van der Waals surface area contributed by atoms with Crippen LogP contribution < -0.4 is 5.32 Å². The van der Waals surface area contributed by atoms with Gasteiger partial charge < -0.3 is 10.4 Å². The van der Waals surface area contributed by atoms with Crippen LogP contribution >= 0.6 is 15.9 Å². The number of carbonyl (C=O) groups excluding carboxylic acids is 1. The molecule has 0 radical (unpaired) electrons. The zero-order valence-electron chi connectivity index (χ0n) is 10.4. The highest BCUT2D eigenvalue weighted by Gasteiger charge is 2.25. The fourth-order valence-electron chi connectivity index (χ4n) is 2.22. The van der Waals surface area contributed by atoms with Crippen LogP contribution in [0.2, 0.25) is 0 Å². The van der Waals surface area contributed by atoms with Crippen LogP contribution in [0.4, 0.5) is 13.2 Å². The van der Waals surface area contributed by atoms with Crippen molar-refractivity contribution in [2.45, 2.75) is 36.6 Å². The van der Waals surface area contributed by atoms with Gasteiger partial charge >= 0.3 is 0 Å². The first-order chi connectivity index (χ1) is 9.40. The lowest BCUT2D eigenvalue weighted by Crippen LogP contribution is -2.38. The Bertz CT molecular complexity index is 531. The smallest absolute Gasteiger partial charge is 0.254 e. The standard InChI is InChI=1S/C13H13BrF3NO2/c14-6-1-3-7(4-2-6)18-13(20)8-5-9(15)11(17)12(19)10(8)16/h5-7,19H,1-4H2,(H,18,20). The van der Waals surface area contributed by atoms with Crippen molar-refractivity contribution in [1.82, 2.24) is 5.32 Å². The normalized spacial score (nSPS) is 22.6. The van der Waals surface area contributed by atoms with Gasteiger partial charge in [0.15, 0.2) is 17.4 Å². The van der Waals surface area contributed by atoms with Gasteiger partial charge in [0.1, 0.15) is 0 Å². The molecule has 0 aliphatic heterocycles. The Morgan fingerprint density at radius 2 is 1.80 bits per heavy atom. The number of benzene rings is 1. The fraction of sp³-hybridized carbons (Fsp3) is 0.462. The number of hydrogen-bond donors (Lipinski definition) is 2. The summed E-state index contributed by atoms with van der Waals surface area (Å²) in [4.78, 5) is 12.3. The quantitative estimate of drug-likeness (QED) is 0.634. The first-order valence-corrected chi connectivity index (χ1v) is 7.13. The van der Waals surface area contributed by atoms with Crippen LogP contribution in [-0.2, 0) is 0 Å². The van der Waals surface area contributed by atoms with Crippen molar-refractivity contribution in [1.29, 1.82) is 0 Å². The van der Waals surface area contributed by atoms with Crippen molar-refractivity contribution in [3.8, 4) is 5.75 Å². The molecular weight excluding hydrogens is 339 g/mol. The number of aromatic hydroxyl groups is 1. The van der Waals surface area contributed by atoms with Crippen molar-refractivity contribution in [2.75, 3.05) is 0 Å². The van der Waals surface area contributed by atoms with E-state index < -0.39 is 34.7 Å². The molecule has 1 aromatic rings. The van der Waals surface area contributed by atoms with Crippen molar-refractivity contribution < 1.29 is 23.1 Å². The van der Waals surface area contributed by atoms with Gasteiger partial charge in [-0.2, -0.15) is 4.39 Å². The van der Waals surface area contributed by atoms with E-state index in [0.29, 0.717) is 10.9 Å². The lowest BCUT2D eigenvalue weighted by molar-refractivity contribution is 0.0922. The highest BCUT2D eigenvalue weighted by molar-refractivity contribution is 9.09. The van der Waals surface area contributed by atoms with Gasteiger partial charge in [-0.1, -0.05) is 15.9 Å². The van der Waals surface area contributed by atoms with Crippen LogP contribution in [0.1, 0.15) is 36.0 Å². The van der Waals surface area contributed by atoms with Gasteiger partial charge in [0, 0.05) is 10.9 Å². The summed E-state index contributed by atoms with van der Waals surface area (Å²) < 4.78 is 39.6. The summed E-state index contributed by atoms with van der Waals surface area (Å²) in [6.45, 7) is 0. The van der Waals surface area contributed by atoms with Crippen LogP contribution in [0.25, 0.3) is 0 Å². The molecule has 1 saturated carbocycles. The molecule has 2 N–H and O–H groups in total. The topological polar surface area (TPSA) is 49.3 Å². The van der Waals surface area contributed by atoms with Crippen LogP contribution in [-0.4, -0.2) is 21.9 Å². The second-order valence-corrected chi connectivity index (χ2v) is 6.10. The first kappa shape index (κ1) is 15.2. The van der Waals surface area contributed by atoms with Gasteiger partial charge in [0.25, 0.3) is 5.91 Å². The number of halogens is 4. The van der Waals surface area contributed by atoms with Gasteiger partial charge in [-0.15, -0.1) is 0 Å². The minimum Gasteiger partial charge on any atom is -0.503 e. The molecule has 0 aromatic heterocycles. The molecule has 110 valence electrons. The molecule has 1 aliphatic carbocycles. The number of rotatable bonds is 2. The Balaban J connectivity index is 2.14. The van der Waals surface area contributed by atoms with Crippen LogP contribution in [0, 0.1) is 17.5 Å². The van der Waals surface area contributed by atoms with E-state index in [0.717, 1.165) is 25.7 Å². The molecule has 1 aliphatic rings. The number of phenolic OH excluding ortho intramolecular Hbond substituents is 1. The van der Waals surface area contributed by atoms with Gasteiger partial charge in [-0.05, 0) is 31.7 Å². The van der Waals surface area contributed by atoms with E-state index in [-0.39, 0.29) is 6.04 Å². The minimum absolute atomic E-state index is 0.133. The Morgan fingerprint density at radius 3 is 2.40 bits per heavy atom. The maximum atomic E-state index is 13.6. The van der Waals surface area contributed by atoms with Crippen molar-refractivity contribution >= 4 is 21.8 Å². The Morgan fingerprint density at radius 1 is 1.20 bits per heavy atom. The molecule has 1 fully saturated rings. The molecule has 3 nitrogen and oxygen atoms in total. The van der Waals surface area contributed by atoms with E-state index in [1.165, 1.54) is 0 Å². The van der Waals surface area contributed by atoms with Crippen LogP contribution in [0.3, 0.4) is 0 Å². The van der Waals surface area contributed by atoms with E-state index in [1.807, 2.05) is 0 Å². The van der Waals surface area contributed by atoms with E-state index in [2.05, 4.69) is 21.2 Å². The summed E-state index contributed by atoms with van der Waals surface area (Å²) in [5.74, 6) is -6.93. The number of carbonyl (C=O) groups is 1. The molecule has 1 aromatic carbocycles. The third-order valence-electron chi connectivity index (χ3n) is 3.37. The van der Waals surface area contributed by atoms with Crippen LogP contribution in [0.15, 0.2) is 6.07 Å². The summed E-state index contributed by atoms with van der Waals surface area (Å²) in [5, 5.41) is 11.7. The lowest BCUT2D eigenvalue weighted by Gasteiger charge is -2.26. The maximum absolute atomic E-state index is 13.6. The molecule has 0 unspecified atom stereocenters. The highest BCUT2D eigenvalue weighted by Crippen LogP contribution is 2.27. The van der Waals surface area contributed by atoms with Crippen LogP contribution in [0.5, 0.6) is 5.75 Å². The molecular formula is C13H13BrF3NO2. The summed E-state index contributed by atoms with van der Waals surface area (Å²) in [6.07, 6.45) is 3.19. The number of nitrogens with one attached hydrogen (secondary N) is 1. The highest BCUT2D eigenvalue weighted by atomic mass is 79.9. The molecule has 20 heavy (non-hydrogen) atoms. The lowest BCUT2D eigenvalue weighted by atomic mass is 9.95. The van der Waals surface area contributed by atoms with E-state index >= 15 is 0 Å². The van der Waals surface area contributed by atoms with Crippen molar-refractivity contribution in [3.63, 3.8) is 0 Å². The van der Waals surface area contributed by atoms with Gasteiger partial charge in [-0.3, -0.25) is 4.79 Å². The summed E-state index contributed by atoms with van der Waals surface area (Å²) >= 11 is 3.47. The zero-order chi connectivity index (χ0) is 14.9. The third kappa shape index (κ3) is 3.08. The average molecular weight is 352 g/mol. The maximum Gasteiger partial charge on any atom is 0.254 e. The molecule has 7 heteroatoms. The average Bonchev–Trinajstić information content (AvgIpc) is 2.43. The number of hydrogen-bond acceptors (Lipinski definition) is 2. The number of alkyl halides is 1. The summed E-state index contributed by atoms with van der Waals surface area (Å²) in [6, 6.07) is 0.321. The Kier molecular flexibility index (Phi) is 4.57. The summed E-state index contributed by atoms with van der Waals surface area (Å²) in [5.41, 5.74) is -0.692. The van der Waals surface area contributed by atoms with E-state index in [9.17, 15) is 18.0 Å². The summed E-state index contributed by atoms with van der Waals surface area (Å²) in [7, 11) is 0. The predicted octanol–water partition coefficient (Wildman–Crippen LogP) is 3.25. The molecule has 0 heterocycles. The zero-order valence-corrected chi connectivity index (χ0v) is 12.0. The molecule has 0 spiro atoms. The minimum atomic E-state index is -1.70. The fourth-order valence-corrected chi connectivity index (χ4v) is 2.74. The molecule has 2 rings (SSSR count). The van der Waals surface area contributed by atoms with Gasteiger partial charge in [0.2, 0.25) is 5.82 Å². The van der Waals surface area contributed by atoms with Gasteiger partial charge in [0.05, 0.1) is 5.56 Å². The number of amides is 1. The molecule has 0 atom stereocenters. The van der Waals surface area contributed by atoms with E-state index in [4.69, 9.17) is 5.11 Å². The SMILES string of the molecule is O=C(NC1CCC(Br)CC1)c1cc(F)c(F)c(O)c1F. The Hall–Kier alpha value is -1.24. The largest absolute Gasteiger partial charge is 0.503 e. The molecule has 1 amide bonds. The number of phenols is 1. The van der Waals surface area contributed by atoms with Crippen molar-refractivity contribution in [2.24, 2.45) is 0 Å². The molecule has 0 bridgehead atoms. The van der Waals surface area contributed by atoms with Crippen molar-refractivity contribution in [3.05, 3.63) is 29.1 Å².